The molecule has 9 heteroatoms. The van der Waals surface area contributed by atoms with Crippen LogP contribution in [-0.4, -0.2) is 30.0 Å². The van der Waals surface area contributed by atoms with Crippen molar-refractivity contribution in [3.63, 3.8) is 0 Å². The molecular formula is C18H17FN2O6. The molecule has 1 amide bonds. The Balaban J connectivity index is 1.75. The number of hydrogen-bond acceptors (Lipinski definition) is 6. The molecule has 27 heavy (non-hydrogen) atoms. The third-order valence-corrected chi connectivity index (χ3v) is 3.39. The Kier molecular flexibility index (Phi) is 6.81. The van der Waals surface area contributed by atoms with Crippen LogP contribution < -0.4 is 10.1 Å². The molecular weight excluding hydrogens is 359 g/mol. The van der Waals surface area contributed by atoms with Crippen LogP contribution >= 0.6 is 0 Å². The van der Waals surface area contributed by atoms with Crippen molar-refractivity contribution in [2.75, 3.05) is 18.5 Å². The van der Waals surface area contributed by atoms with Gasteiger partial charge < -0.3 is 14.8 Å². The number of nitrogens with one attached hydrogen (secondary N) is 1. The molecule has 142 valence electrons. The van der Waals surface area contributed by atoms with Crippen molar-refractivity contribution in [3.05, 3.63) is 64.0 Å². The highest BCUT2D eigenvalue weighted by Gasteiger charge is 2.14. The molecule has 0 saturated carbocycles. The standard InChI is InChI=1S/C18H17FN2O6/c1-12-2-5-14(6-3-12)26-9-8-18(23)27-11-17(22)20-16-10-13(21(24)25)4-7-15(16)19/h2-7,10H,8-9,11H2,1H3,(H,20,22). The fourth-order valence-corrected chi connectivity index (χ4v) is 2.01. The van der Waals surface area contributed by atoms with E-state index < -0.39 is 29.2 Å². The maximum Gasteiger partial charge on any atom is 0.309 e. The first-order valence-electron chi connectivity index (χ1n) is 7.94. The van der Waals surface area contributed by atoms with Crippen LogP contribution in [-0.2, 0) is 14.3 Å². The third kappa shape index (κ3) is 6.38. The van der Waals surface area contributed by atoms with Crippen molar-refractivity contribution in [2.45, 2.75) is 13.3 Å². The normalized spacial score (nSPS) is 10.1. The average Bonchev–Trinajstić information content (AvgIpc) is 2.63. The summed E-state index contributed by atoms with van der Waals surface area (Å²) in [7, 11) is 0. The molecule has 2 rings (SSSR count). The Morgan fingerprint density at radius 2 is 1.89 bits per heavy atom. The van der Waals surface area contributed by atoms with Gasteiger partial charge in [0.25, 0.3) is 11.6 Å². The van der Waals surface area contributed by atoms with Crippen molar-refractivity contribution in [1.29, 1.82) is 0 Å². The summed E-state index contributed by atoms with van der Waals surface area (Å²) >= 11 is 0. The smallest absolute Gasteiger partial charge is 0.309 e. The summed E-state index contributed by atoms with van der Waals surface area (Å²) in [4.78, 5) is 33.3. The lowest BCUT2D eigenvalue weighted by molar-refractivity contribution is -0.384. The predicted octanol–water partition coefficient (Wildman–Crippen LogP) is 2.99. The Labute approximate surface area is 154 Å². The van der Waals surface area contributed by atoms with Gasteiger partial charge in [0.05, 0.1) is 23.6 Å². The van der Waals surface area contributed by atoms with Crippen LogP contribution in [0.1, 0.15) is 12.0 Å². The molecule has 8 nitrogen and oxygen atoms in total. The van der Waals surface area contributed by atoms with Crippen LogP contribution in [0.3, 0.4) is 0 Å². The van der Waals surface area contributed by atoms with Gasteiger partial charge in [-0.3, -0.25) is 19.7 Å². The van der Waals surface area contributed by atoms with Crippen molar-refractivity contribution >= 4 is 23.3 Å². The Hall–Kier alpha value is -3.49. The van der Waals surface area contributed by atoms with E-state index in [4.69, 9.17) is 9.47 Å². The Morgan fingerprint density at radius 3 is 2.56 bits per heavy atom. The minimum absolute atomic E-state index is 0.0724. The second-order valence-electron chi connectivity index (χ2n) is 5.54. The number of rotatable bonds is 8. The van der Waals surface area contributed by atoms with Crippen molar-refractivity contribution in [2.24, 2.45) is 0 Å². The fraction of sp³-hybridized carbons (Fsp3) is 0.222. The summed E-state index contributed by atoms with van der Waals surface area (Å²) in [5.41, 5.74) is 0.331. The van der Waals surface area contributed by atoms with Crippen LogP contribution in [0.2, 0.25) is 0 Å². The second-order valence-corrected chi connectivity index (χ2v) is 5.54. The molecule has 0 atom stereocenters. The number of benzene rings is 2. The molecule has 0 heterocycles. The van der Waals surface area contributed by atoms with Gasteiger partial charge in [-0.2, -0.15) is 0 Å². The molecule has 0 aliphatic carbocycles. The summed E-state index contributed by atoms with van der Waals surface area (Å²) in [6.45, 7) is 1.36. The highest BCUT2D eigenvalue weighted by atomic mass is 19.1. The van der Waals surface area contributed by atoms with Crippen LogP contribution in [0.4, 0.5) is 15.8 Å². The molecule has 0 unspecified atom stereocenters. The van der Waals surface area contributed by atoms with E-state index in [0.717, 1.165) is 23.8 Å². The number of aryl methyl sites for hydroxylation is 1. The molecule has 1 N–H and O–H groups in total. The van der Waals surface area contributed by atoms with E-state index in [1.165, 1.54) is 0 Å². The summed E-state index contributed by atoms with van der Waals surface area (Å²) in [5.74, 6) is -1.72. The highest BCUT2D eigenvalue weighted by molar-refractivity contribution is 5.93. The zero-order valence-electron chi connectivity index (χ0n) is 14.4. The monoisotopic (exact) mass is 376 g/mol. The number of nitro benzene ring substituents is 1. The van der Waals surface area contributed by atoms with E-state index in [9.17, 15) is 24.1 Å². The lowest BCUT2D eigenvalue weighted by Gasteiger charge is -2.08. The molecule has 0 aromatic heterocycles. The summed E-state index contributed by atoms with van der Waals surface area (Å²) in [6.07, 6.45) is -0.0771. The van der Waals surface area contributed by atoms with Crippen molar-refractivity contribution in [3.8, 4) is 5.75 Å². The maximum absolute atomic E-state index is 13.6. The van der Waals surface area contributed by atoms with Gasteiger partial charge in [-0.05, 0) is 25.1 Å². The van der Waals surface area contributed by atoms with Gasteiger partial charge in [0.1, 0.15) is 11.6 Å². The van der Waals surface area contributed by atoms with E-state index in [-0.39, 0.29) is 24.4 Å². The van der Waals surface area contributed by atoms with E-state index in [0.29, 0.717) is 5.75 Å². The molecule has 0 spiro atoms. The maximum atomic E-state index is 13.6. The minimum Gasteiger partial charge on any atom is -0.493 e. The molecule has 0 radical (unpaired) electrons. The number of amides is 1. The van der Waals surface area contributed by atoms with E-state index >= 15 is 0 Å². The number of nitrogens with zero attached hydrogens (tertiary/aromatic N) is 1. The zero-order valence-corrected chi connectivity index (χ0v) is 14.4. The third-order valence-electron chi connectivity index (χ3n) is 3.39. The zero-order chi connectivity index (χ0) is 19.8. The molecule has 0 bridgehead atoms. The molecule has 2 aromatic rings. The number of anilines is 1. The van der Waals surface area contributed by atoms with E-state index in [1.54, 1.807) is 12.1 Å². The number of nitro groups is 1. The van der Waals surface area contributed by atoms with Crippen molar-refractivity contribution in [1.82, 2.24) is 0 Å². The van der Waals surface area contributed by atoms with Gasteiger partial charge in [-0.1, -0.05) is 17.7 Å². The number of carbonyl (C=O) groups excluding carboxylic acids is 2. The molecule has 0 fully saturated rings. The van der Waals surface area contributed by atoms with Crippen molar-refractivity contribution < 1.29 is 28.4 Å². The average molecular weight is 376 g/mol. The first kappa shape index (κ1) is 19.8. The quantitative estimate of drug-likeness (QED) is 0.431. The highest BCUT2D eigenvalue weighted by Crippen LogP contribution is 2.21. The number of carbonyl (C=O) groups is 2. The number of halogens is 1. The molecule has 0 saturated heterocycles. The topological polar surface area (TPSA) is 108 Å². The van der Waals surface area contributed by atoms with E-state index in [2.05, 4.69) is 5.32 Å². The van der Waals surface area contributed by atoms with Crippen LogP contribution in [0.15, 0.2) is 42.5 Å². The SMILES string of the molecule is Cc1ccc(OCCC(=O)OCC(=O)Nc2cc([N+](=O)[O-])ccc2F)cc1. The van der Waals surface area contributed by atoms with Gasteiger partial charge in [-0.25, -0.2) is 4.39 Å². The summed E-state index contributed by atoms with van der Waals surface area (Å²) in [6, 6.07) is 9.98. The summed E-state index contributed by atoms with van der Waals surface area (Å²) in [5, 5.41) is 12.8. The van der Waals surface area contributed by atoms with Gasteiger partial charge in [0.2, 0.25) is 0 Å². The Bertz CT molecular complexity index is 838. The summed E-state index contributed by atoms with van der Waals surface area (Å²) < 4.78 is 23.7. The lowest BCUT2D eigenvalue weighted by Crippen LogP contribution is -2.22. The predicted molar refractivity (Wildman–Crippen MR) is 93.9 cm³/mol. The minimum atomic E-state index is -0.841. The number of ether oxygens (including phenoxy) is 2. The van der Waals surface area contributed by atoms with Gasteiger partial charge in [0.15, 0.2) is 6.61 Å². The first-order valence-corrected chi connectivity index (χ1v) is 7.94. The number of non-ortho nitro benzene ring substituents is 1. The van der Waals surface area contributed by atoms with Gasteiger partial charge in [-0.15, -0.1) is 0 Å². The van der Waals surface area contributed by atoms with Crippen LogP contribution in [0.5, 0.6) is 5.75 Å². The number of hydrogen-bond donors (Lipinski definition) is 1. The van der Waals surface area contributed by atoms with Gasteiger partial charge in [0, 0.05) is 12.1 Å². The van der Waals surface area contributed by atoms with Gasteiger partial charge >= 0.3 is 5.97 Å². The van der Waals surface area contributed by atoms with E-state index in [1.807, 2.05) is 19.1 Å². The fourth-order valence-electron chi connectivity index (χ4n) is 2.01. The van der Waals surface area contributed by atoms with Crippen LogP contribution in [0, 0.1) is 22.9 Å². The molecule has 0 aliphatic rings. The molecule has 0 aliphatic heterocycles. The lowest BCUT2D eigenvalue weighted by atomic mass is 10.2. The Morgan fingerprint density at radius 1 is 1.19 bits per heavy atom. The molecule has 2 aromatic carbocycles. The number of esters is 1. The first-order chi connectivity index (χ1) is 12.8. The van der Waals surface area contributed by atoms with Crippen LogP contribution in [0.25, 0.3) is 0 Å². The largest absolute Gasteiger partial charge is 0.493 e. The second kappa shape index (κ2) is 9.27.